The molecule has 0 aliphatic rings. The van der Waals surface area contributed by atoms with Gasteiger partial charge in [-0.15, -0.1) is 0 Å². The van der Waals surface area contributed by atoms with E-state index >= 15 is 0 Å². The average molecular weight is 441 g/mol. The minimum absolute atomic E-state index is 0.0160. The molecule has 0 N–H and O–H groups in total. The predicted molar refractivity (Wildman–Crippen MR) is 120 cm³/mol. The first-order chi connectivity index (χ1) is 15.2. The molecule has 2 aromatic rings. The topological polar surface area (TPSA) is 78.9 Å². The van der Waals surface area contributed by atoms with E-state index in [9.17, 15) is 14.4 Å². The normalized spacial score (nSPS) is 12.2. The van der Waals surface area contributed by atoms with Crippen LogP contribution in [-0.2, 0) is 41.8 Å². The maximum absolute atomic E-state index is 12.8. The first kappa shape index (κ1) is 25.1. The minimum atomic E-state index is -1.37. The smallest absolute Gasteiger partial charge is 0.348 e. The lowest BCUT2D eigenvalue weighted by Crippen LogP contribution is -2.37. The molecule has 0 heterocycles. The summed E-state index contributed by atoms with van der Waals surface area (Å²) in [4.78, 5) is 37.9. The van der Waals surface area contributed by atoms with E-state index in [-0.39, 0.29) is 19.1 Å². The van der Waals surface area contributed by atoms with Gasteiger partial charge in [0.15, 0.2) is 0 Å². The largest absolute Gasteiger partial charge is 0.461 e. The Labute approximate surface area is 189 Å². The molecule has 0 saturated carbocycles. The van der Waals surface area contributed by atoms with Crippen molar-refractivity contribution >= 4 is 17.9 Å². The van der Waals surface area contributed by atoms with Crippen molar-refractivity contribution in [3.63, 3.8) is 0 Å². The summed E-state index contributed by atoms with van der Waals surface area (Å²) in [6, 6.07) is 18.3. The highest BCUT2D eigenvalue weighted by Gasteiger charge is 2.36. The Hall–Kier alpha value is -3.15. The number of hydrogen-bond donors (Lipinski definition) is 0. The van der Waals surface area contributed by atoms with Gasteiger partial charge in [0, 0.05) is 0 Å². The fourth-order valence-corrected chi connectivity index (χ4v) is 3.34. The van der Waals surface area contributed by atoms with Crippen LogP contribution in [0.15, 0.2) is 60.7 Å². The second-order valence-electron chi connectivity index (χ2n) is 8.82. The summed E-state index contributed by atoms with van der Waals surface area (Å²) in [6.45, 7) is 7.61. The molecule has 0 amide bonds. The van der Waals surface area contributed by atoms with E-state index in [1.165, 1.54) is 0 Å². The number of carbonyl (C=O) groups excluding carboxylic acids is 3. The standard InChI is InChI=1S/C26H32O6/c1-19(2)16-26(3,4)25(29)32-22(24(28)31-18-21-13-9-6-10-14-21)15-23(27)30-17-20-11-7-5-8-12-20/h5-14,19,22H,15-18H2,1-4H3. The molecule has 0 bridgehead atoms. The molecule has 2 aromatic carbocycles. The number of carbonyl (C=O) groups is 3. The van der Waals surface area contributed by atoms with Gasteiger partial charge in [-0.05, 0) is 37.3 Å². The van der Waals surface area contributed by atoms with Crippen molar-refractivity contribution in [3.05, 3.63) is 71.8 Å². The zero-order chi connectivity index (χ0) is 23.6. The molecule has 0 aliphatic carbocycles. The summed E-state index contributed by atoms with van der Waals surface area (Å²) in [5.41, 5.74) is 0.803. The predicted octanol–water partition coefficient (Wildman–Crippen LogP) is 4.85. The maximum Gasteiger partial charge on any atom is 0.348 e. The molecule has 6 nitrogen and oxygen atoms in total. The molecule has 0 saturated heterocycles. The first-order valence-electron chi connectivity index (χ1n) is 10.8. The van der Waals surface area contributed by atoms with E-state index in [1.807, 2.05) is 74.5 Å². The zero-order valence-corrected chi connectivity index (χ0v) is 19.2. The lowest BCUT2D eigenvalue weighted by atomic mass is 9.84. The number of benzene rings is 2. The van der Waals surface area contributed by atoms with E-state index in [4.69, 9.17) is 14.2 Å². The molecule has 0 aromatic heterocycles. The van der Waals surface area contributed by atoms with Gasteiger partial charge < -0.3 is 14.2 Å². The van der Waals surface area contributed by atoms with Crippen LogP contribution in [0.5, 0.6) is 0 Å². The number of hydrogen-bond acceptors (Lipinski definition) is 6. The molecular formula is C26H32O6. The van der Waals surface area contributed by atoms with Crippen molar-refractivity contribution in [1.29, 1.82) is 0 Å². The van der Waals surface area contributed by atoms with Crippen LogP contribution in [0.1, 0.15) is 51.7 Å². The van der Waals surface area contributed by atoms with Crippen LogP contribution in [0.25, 0.3) is 0 Å². The van der Waals surface area contributed by atoms with Gasteiger partial charge in [0.1, 0.15) is 13.2 Å². The number of esters is 3. The van der Waals surface area contributed by atoms with Crippen molar-refractivity contribution in [2.24, 2.45) is 11.3 Å². The monoisotopic (exact) mass is 440 g/mol. The Morgan fingerprint density at radius 1 is 0.812 bits per heavy atom. The average Bonchev–Trinajstić information content (AvgIpc) is 2.76. The van der Waals surface area contributed by atoms with E-state index in [2.05, 4.69) is 0 Å². The highest BCUT2D eigenvalue weighted by molar-refractivity contribution is 5.85. The van der Waals surface area contributed by atoms with Crippen LogP contribution in [0.2, 0.25) is 0 Å². The Morgan fingerprint density at radius 2 is 1.31 bits per heavy atom. The summed E-state index contributed by atoms with van der Waals surface area (Å²) in [5, 5.41) is 0. The third-order valence-corrected chi connectivity index (χ3v) is 4.80. The van der Waals surface area contributed by atoms with Gasteiger partial charge in [-0.3, -0.25) is 9.59 Å². The number of ether oxygens (including phenoxy) is 3. The van der Waals surface area contributed by atoms with Gasteiger partial charge >= 0.3 is 17.9 Å². The lowest BCUT2D eigenvalue weighted by Gasteiger charge is -2.26. The third-order valence-electron chi connectivity index (χ3n) is 4.80. The molecule has 2 rings (SSSR count). The molecule has 0 fully saturated rings. The SMILES string of the molecule is CC(C)CC(C)(C)C(=O)OC(CC(=O)OCc1ccccc1)C(=O)OCc1ccccc1. The van der Waals surface area contributed by atoms with Gasteiger partial charge in [0.25, 0.3) is 0 Å². The van der Waals surface area contributed by atoms with Crippen LogP contribution in [0.3, 0.4) is 0 Å². The Balaban J connectivity index is 2.03. The van der Waals surface area contributed by atoms with Gasteiger partial charge in [-0.25, -0.2) is 4.79 Å². The lowest BCUT2D eigenvalue weighted by molar-refractivity contribution is -0.178. The second kappa shape index (κ2) is 12.0. The molecule has 172 valence electrons. The Bertz CT molecular complexity index is 874. The Morgan fingerprint density at radius 3 is 1.81 bits per heavy atom. The molecular weight excluding hydrogens is 408 g/mol. The molecule has 1 unspecified atom stereocenters. The molecule has 0 spiro atoms. The fourth-order valence-electron chi connectivity index (χ4n) is 3.34. The zero-order valence-electron chi connectivity index (χ0n) is 19.2. The highest BCUT2D eigenvalue weighted by Crippen LogP contribution is 2.28. The summed E-state index contributed by atoms with van der Waals surface area (Å²) < 4.78 is 16.1. The first-order valence-corrected chi connectivity index (χ1v) is 10.8. The molecule has 0 aliphatic heterocycles. The summed E-state index contributed by atoms with van der Waals surface area (Å²) in [5.74, 6) is -1.72. The fraction of sp³-hybridized carbons (Fsp3) is 0.423. The van der Waals surface area contributed by atoms with Crippen molar-refractivity contribution in [3.8, 4) is 0 Å². The van der Waals surface area contributed by atoms with Crippen LogP contribution in [0.4, 0.5) is 0 Å². The van der Waals surface area contributed by atoms with Crippen LogP contribution < -0.4 is 0 Å². The second-order valence-corrected chi connectivity index (χ2v) is 8.82. The van der Waals surface area contributed by atoms with E-state index < -0.39 is 35.8 Å². The van der Waals surface area contributed by atoms with Crippen LogP contribution >= 0.6 is 0 Å². The minimum Gasteiger partial charge on any atom is -0.461 e. The Kier molecular flexibility index (Phi) is 9.44. The maximum atomic E-state index is 12.8. The van der Waals surface area contributed by atoms with E-state index in [0.29, 0.717) is 6.42 Å². The van der Waals surface area contributed by atoms with Gasteiger partial charge in [0.05, 0.1) is 11.8 Å². The van der Waals surface area contributed by atoms with E-state index in [0.717, 1.165) is 11.1 Å². The van der Waals surface area contributed by atoms with Gasteiger partial charge in [0.2, 0.25) is 6.10 Å². The summed E-state index contributed by atoms with van der Waals surface area (Å²) in [7, 11) is 0. The molecule has 1 atom stereocenters. The van der Waals surface area contributed by atoms with Gasteiger partial charge in [-0.2, -0.15) is 0 Å². The van der Waals surface area contributed by atoms with Crippen LogP contribution in [0, 0.1) is 11.3 Å². The molecule has 32 heavy (non-hydrogen) atoms. The van der Waals surface area contributed by atoms with E-state index in [1.54, 1.807) is 13.8 Å². The molecule has 6 heteroatoms. The molecule has 0 radical (unpaired) electrons. The van der Waals surface area contributed by atoms with Crippen molar-refractivity contribution < 1.29 is 28.6 Å². The highest BCUT2D eigenvalue weighted by atomic mass is 16.6. The third kappa shape index (κ3) is 8.53. The number of rotatable bonds is 11. The summed E-state index contributed by atoms with van der Waals surface area (Å²) in [6.07, 6.45) is -1.21. The van der Waals surface area contributed by atoms with Crippen LogP contribution in [-0.4, -0.2) is 24.0 Å². The quantitative estimate of drug-likeness (QED) is 0.367. The van der Waals surface area contributed by atoms with Crippen molar-refractivity contribution in [1.82, 2.24) is 0 Å². The van der Waals surface area contributed by atoms with Crippen molar-refractivity contribution in [2.75, 3.05) is 0 Å². The summed E-state index contributed by atoms with van der Waals surface area (Å²) >= 11 is 0. The van der Waals surface area contributed by atoms with Crippen molar-refractivity contribution in [2.45, 2.75) is 59.9 Å². The van der Waals surface area contributed by atoms with Gasteiger partial charge in [-0.1, -0.05) is 74.5 Å².